The van der Waals surface area contributed by atoms with Gasteiger partial charge in [0.1, 0.15) is 29.2 Å². The van der Waals surface area contributed by atoms with Crippen LogP contribution in [-0.2, 0) is 13.1 Å². The first-order chi connectivity index (χ1) is 20.0. The van der Waals surface area contributed by atoms with Crippen LogP contribution in [0.1, 0.15) is 27.7 Å². The molecule has 7 rings (SSSR count). The van der Waals surface area contributed by atoms with Crippen LogP contribution in [-0.4, -0.2) is 10.4 Å². The third kappa shape index (κ3) is 4.70. The van der Waals surface area contributed by atoms with E-state index in [2.05, 4.69) is 62.3 Å². The van der Waals surface area contributed by atoms with E-state index in [1.807, 2.05) is 84.9 Å². The molecule has 3 aromatic heterocycles. The van der Waals surface area contributed by atoms with Crippen molar-refractivity contribution in [1.82, 2.24) is 4.57 Å². The molecule has 0 aliphatic carbocycles. The third-order valence-electron chi connectivity index (χ3n) is 7.57. The van der Waals surface area contributed by atoms with Crippen molar-refractivity contribution < 1.29 is 18.2 Å². The van der Waals surface area contributed by atoms with Gasteiger partial charge in [0.05, 0.1) is 5.57 Å². The van der Waals surface area contributed by atoms with Crippen LogP contribution in [0.5, 0.6) is 0 Å². The minimum absolute atomic E-state index is 0.0642. The molecule has 0 atom stereocenters. The zero-order valence-electron chi connectivity index (χ0n) is 22.4. The molecule has 0 fully saturated rings. The number of allylic oxidation sites excluding steroid dienone is 1. The molecule has 0 spiro atoms. The zero-order chi connectivity index (χ0) is 27.9. The summed E-state index contributed by atoms with van der Waals surface area (Å²) in [6.45, 7) is 2.88. The molecule has 0 N–H and O–H groups in total. The van der Waals surface area contributed by atoms with Crippen LogP contribution in [0.25, 0.3) is 38.5 Å². The number of hydrogen-bond acceptors (Lipinski definition) is 3. The lowest BCUT2D eigenvalue weighted by Crippen LogP contribution is -2.40. The lowest BCUT2D eigenvalue weighted by Gasteiger charge is -2.03. The average Bonchev–Trinajstić information content (AvgIpc) is 3.68. The van der Waals surface area contributed by atoms with Gasteiger partial charge >= 0.3 is 0 Å². The molecule has 200 valence electrons. The Morgan fingerprint density at radius 1 is 0.805 bits per heavy atom. The maximum atomic E-state index is 13.3. The number of carbonyl (C=O) groups is 1. The summed E-state index contributed by atoms with van der Waals surface area (Å²) in [5.41, 5.74) is 5.30. The number of hydrogen-bond donors (Lipinski definition) is 0. The standard InChI is InChI=1S/C35H26BrN2O3/c1-23-37(29-10-4-5-11-30(29)38(23)22-31(39)24-14-16-27(36)17-15-24)19-18-28(34-20-25-8-2-6-12-32(25)40-34)35-21-26-9-3-7-13-33(26)41-35/h2-18,20-21H,19,22H2,1H3/q+1. The van der Waals surface area contributed by atoms with Crippen LogP contribution < -0.4 is 4.57 Å². The Morgan fingerprint density at radius 3 is 2.02 bits per heavy atom. The van der Waals surface area contributed by atoms with Crippen LogP contribution in [0.4, 0.5) is 0 Å². The smallest absolute Gasteiger partial charge is 0.254 e. The summed E-state index contributed by atoms with van der Waals surface area (Å²) < 4.78 is 17.9. The Balaban J connectivity index is 1.32. The van der Waals surface area contributed by atoms with Gasteiger partial charge in [-0.1, -0.05) is 76.6 Å². The topological polar surface area (TPSA) is 52.2 Å². The fraction of sp³-hybridized carbons (Fsp3) is 0.0857. The molecule has 5 nitrogen and oxygen atoms in total. The molecular weight excluding hydrogens is 576 g/mol. The average molecular weight is 603 g/mol. The fourth-order valence-electron chi connectivity index (χ4n) is 5.45. The highest BCUT2D eigenvalue weighted by atomic mass is 79.9. The number of carbonyl (C=O) groups excluding carboxylic acids is 1. The maximum absolute atomic E-state index is 13.3. The molecule has 0 aliphatic rings. The molecule has 6 heteroatoms. The quantitative estimate of drug-likeness (QED) is 0.136. The number of para-hydroxylation sites is 4. The highest BCUT2D eigenvalue weighted by molar-refractivity contribution is 9.10. The van der Waals surface area contributed by atoms with Crippen molar-refractivity contribution in [2.45, 2.75) is 20.0 Å². The van der Waals surface area contributed by atoms with Crippen molar-refractivity contribution in [1.29, 1.82) is 0 Å². The molecule has 0 aliphatic heterocycles. The van der Waals surface area contributed by atoms with Gasteiger partial charge in [-0.2, -0.15) is 0 Å². The Hall–Kier alpha value is -4.68. The minimum Gasteiger partial charge on any atom is -0.456 e. The van der Waals surface area contributed by atoms with Gasteiger partial charge in [0.15, 0.2) is 17.6 Å². The molecule has 0 bridgehead atoms. The summed E-state index contributed by atoms with van der Waals surface area (Å²) in [4.78, 5) is 13.3. The molecule has 41 heavy (non-hydrogen) atoms. The number of furan rings is 2. The van der Waals surface area contributed by atoms with Crippen LogP contribution in [0.3, 0.4) is 0 Å². The van der Waals surface area contributed by atoms with E-state index in [1.165, 1.54) is 0 Å². The highest BCUT2D eigenvalue weighted by Gasteiger charge is 2.24. The van der Waals surface area contributed by atoms with E-state index < -0.39 is 0 Å². The molecule has 4 aromatic carbocycles. The van der Waals surface area contributed by atoms with Gasteiger partial charge in [-0.25, -0.2) is 9.13 Å². The van der Waals surface area contributed by atoms with E-state index in [0.29, 0.717) is 12.1 Å². The molecule has 0 unspecified atom stereocenters. The summed E-state index contributed by atoms with van der Waals surface area (Å²) in [7, 11) is 0. The van der Waals surface area contributed by atoms with Crippen molar-refractivity contribution in [2.24, 2.45) is 0 Å². The number of ketones is 1. The molecular formula is C35H26BrN2O3+. The monoisotopic (exact) mass is 601 g/mol. The number of halogens is 1. The Labute approximate surface area is 245 Å². The first-order valence-electron chi connectivity index (χ1n) is 13.5. The molecule has 0 radical (unpaired) electrons. The summed E-state index contributed by atoms with van der Waals surface area (Å²) >= 11 is 3.45. The maximum Gasteiger partial charge on any atom is 0.254 e. The highest BCUT2D eigenvalue weighted by Crippen LogP contribution is 2.33. The second kappa shape index (κ2) is 10.4. The van der Waals surface area contributed by atoms with Crippen LogP contribution in [0.2, 0.25) is 0 Å². The van der Waals surface area contributed by atoms with Gasteiger partial charge < -0.3 is 8.83 Å². The number of rotatable bonds is 7. The Bertz CT molecular complexity index is 1950. The second-order valence-corrected chi connectivity index (χ2v) is 11.0. The van der Waals surface area contributed by atoms with Crippen molar-refractivity contribution in [3.8, 4) is 0 Å². The normalized spacial score (nSPS) is 11.5. The number of nitrogens with zero attached hydrogens (tertiary/aromatic N) is 2. The summed E-state index contributed by atoms with van der Waals surface area (Å²) in [6.07, 6.45) is 2.15. The first kappa shape index (κ1) is 25.3. The summed E-state index contributed by atoms with van der Waals surface area (Å²) in [5, 5.41) is 2.08. The first-order valence-corrected chi connectivity index (χ1v) is 14.3. The summed E-state index contributed by atoms with van der Waals surface area (Å²) in [5.74, 6) is 2.55. The van der Waals surface area contributed by atoms with Crippen LogP contribution >= 0.6 is 15.9 Å². The van der Waals surface area contributed by atoms with E-state index in [-0.39, 0.29) is 12.3 Å². The van der Waals surface area contributed by atoms with Gasteiger partial charge in [-0.3, -0.25) is 4.79 Å². The van der Waals surface area contributed by atoms with E-state index in [9.17, 15) is 4.79 Å². The van der Waals surface area contributed by atoms with E-state index in [4.69, 9.17) is 8.83 Å². The number of benzene rings is 4. The second-order valence-electron chi connectivity index (χ2n) is 10.1. The number of aromatic nitrogens is 2. The number of Topliss-reactive ketones (excluding diaryl/α,β-unsaturated/α-hetero) is 1. The van der Waals surface area contributed by atoms with Gasteiger partial charge in [0.2, 0.25) is 5.78 Å². The minimum atomic E-state index is 0.0642. The van der Waals surface area contributed by atoms with Gasteiger partial charge in [-0.05, 0) is 54.6 Å². The Kier molecular flexibility index (Phi) is 6.40. The lowest BCUT2D eigenvalue weighted by atomic mass is 10.1. The molecule has 0 saturated heterocycles. The van der Waals surface area contributed by atoms with E-state index in [1.54, 1.807) is 0 Å². The molecule has 0 amide bonds. The van der Waals surface area contributed by atoms with Crippen LogP contribution in [0.15, 0.2) is 129 Å². The Morgan fingerprint density at radius 2 is 1.39 bits per heavy atom. The van der Waals surface area contributed by atoms with E-state index in [0.717, 1.165) is 60.4 Å². The molecule has 7 aromatic rings. The van der Waals surface area contributed by atoms with Gasteiger partial charge in [0.25, 0.3) is 5.82 Å². The van der Waals surface area contributed by atoms with Gasteiger partial charge in [-0.15, -0.1) is 0 Å². The molecule has 3 heterocycles. The SMILES string of the molecule is Cc1n(CC=C(c2cc3ccccc3o2)c2cc3ccccc3o2)c2ccccc2[n+]1CC(=O)c1ccc(Br)cc1. The third-order valence-corrected chi connectivity index (χ3v) is 8.10. The predicted octanol–water partition coefficient (Wildman–Crippen LogP) is 8.51. The lowest BCUT2D eigenvalue weighted by molar-refractivity contribution is -0.664. The number of imidazole rings is 1. The number of fused-ring (bicyclic) bond motifs is 3. The molecule has 0 saturated carbocycles. The van der Waals surface area contributed by atoms with Crippen molar-refractivity contribution in [3.05, 3.63) is 143 Å². The predicted molar refractivity (Wildman–Crippen MR) is 165 cm³/mol. The summed E-state index contributed by atoms with van der Waals surface area (Å²) in [6, 6.07) is 35.9. The van der Waals surface area contributed by atoms with E-state index >= 15 is 0 Å². The largest absolute Gasteiger partial charge is 0.456 e. The fourth-order valence-corrected chi connectivity index (χ4v) is 5.71. The van der Waals surface area contributed by atoms with Crippen molar-refractivity contribution in [2.75, 3.05) is 0 Å². The van der Waals surface area contributed by atoms with Crippen molar-refractivity contribution in [3.63, 3.8) is 0 Å². The van der Waals surface area contributed by atoms with Crippen LogP contribution in [0, 0.1) is 6.92 Å². The zero-order valence-corrected chi connectivity index (χ0v) is 24.0. The van der Waals surface area contributed by atoms with Gasteiger partial charge in [0, 0.05) is 27.7 Å². The van der Waals surface area contributed by atoms with Crippen molar-refractivity contribution >= 4 is 60.3 Å².